The number of aliphatic hydroxyl groups is 5. The molecule has 1 aliphatic rings. The predicted octanol–water partition coefficient (Wildman–Crippen LogP) is -2.51. The minimum absolute atomic E-state index is 0.741. The number of ketones is 1. The van der Waals surface area contributed by atoms with Gasteiger partial charge in [-0.25, -0.2) is 4.79 Å². The zero-order chi connectivity index (χ0) is 15.5. The van der Waals surface area contributed by atoms with E-state index in [1.165, 1.54) is 0 Å². The summed E-state index contributed by atoms with van der Waals surface area (Å²) in [5.41, 5.74) is -2.66. The highest BCUT2D eigenvalue weighted by atomic mass is 16.6. The number of carbonyl (C=O) groups is 2. The van der Waals surface area contributed by atoms with Crippen molar-refractivity contribution in [1.82, 2.24) is 0 Å². The first-order valence-corrected chi connectivity index (χ1v) is 5.43. The summed E-state index contributed by atoms with van der Waals surface area (Å²) < 4.78 is 9.30. The first-order valence-electron chi connectivity index (χ1n) is 5.43. The van der Waals surface area contributed by atoms with E-state index in [-0.39, 0.29) is 0 Å². The van der Waals surface area contributed by atoms with Crippen molar-refractivity contribution in [1.29, 1.82) is 0 Å². The lowest BCUT2D eigenvalue weighted by Gasteiger charge is -2.32. The van der Waals surface area contributed by atoms with Crippen LogP contribution in [0.1, 0.15) is 0 Å². The van der Waals surface area contributed by atoms with Crippen molar-refractivity contribution in [3.05, 3.63) is 24.4 Å². The highest BCUT2D eigenvalue weighted by Gasteiger charge is 2.61. The Bertz CT molecular complexity index is 455. The maximum atomic E-state index is 12.1. The third kappa shape index (κ3) is 2.27. The summed E-state index contributed by atoms with van der Waals surface area (Å²) >= 11 is 0. The average Bonchev–Trinajstić information content (AvgIpc) is 2.70. The summed E-state index contributed by atoms with van der Waals surface area (Å²) in [7, 11) is 0. The molecule has 9 heteroatoms. The van der Waals surface area contributed by atoms with E-state index in [0.29, 0.717) is 0 Å². The van der Waals surface area contributed by atoms with Crippen molar-refractivity contribution in [3.8, 4) is 0 Å². The second-order valence-corrected chi connectivity index (χ2v) is 3.85. The van der Waals surface area contributed by atoms with Gasteiger partial charge in [-0.1, -0.05) is 6.58 Å². The van der Waals surface area contributed by atoms with Gasteiger partial charge in [-0.3, -0.25) is 4.79 Å². The Kier molecular flexibility index (Phi) is 4.84. The van der Waals surface area contributed by atoms with Crippen LogP contribution in [0.2, 0.25) is 0 Å². The van der Waals surface area contributed by atoms with Crippen LogP contribution in [0.15, 0.2) is 24.4 Å². The summed E-state index contributed by atoms with van der Waals surface area (Å²) in [6, 6.07) is 0. The molecule has 0 saturated carbocycles. The van der Waals surface area contributed by atoms with Gasteiger partial charge < -0.3 is 35.0 Å². The van der Waals surface area contributed by atoms with Crippen molar-refractivity contribution < 1.29 is 44.6 Å². The Morgan fingerprint density at radius 1 is 1.40 bits per heavy atom. The fourth-order valence-corrected chi connectivity index (χ4v) is 1.74. The fraction of sp³-hybridized carbons (Fsp3) is 0.455. The highest BCUT2D eigenvalue weighted by Crippen LogP contribution is 2.37. The van der Waals surface area contributed by atoms with E-state index in [9.17, 15) is 24.9 Å². The molecule has 0 fully saturated rings. The lowest BCUT2D eigenvalue weighted by Crippen LogP contribution is -2.57. The number of hydrogen-bond donors (Lipinski definition) is 5. The molecule has 0 aliphatic carbocycles. The number of rotatable bonds is 7. The Hall–Kier alpha value is -1.94. The number of ether oxygens (including phenoxy) is 2. The molecule has 0 aromatic carbocycles. The minimum atomic E-state index is -2.66. The standard InChI is InChI=1S/C11H14O9/c1-2-19-9-7(16)10(18)20-11(9,6(15)4-13)8(17)5(14)3-12/h2,5-6,12-16H,1,3-4H2/t5?,6-,11-/m0/s1. The highest BCUT2D eigenvalue weighted by molar-refractivity contribution is 6.03. The average molecular weight is 290 g/mol. The largest absolute Gasteiger partial charge is 0.499 e. The first kappa shape index (κ1) is 16.1. The maximum absolute atomic E-state index is 12.1. The molecule has 3 atom stereocenters. The molecular formula is C11H14O9. The van der Waals surface area contributed by atoms with Crippen LogP contribution in [0, 0.1) is 0 Å². The SMILES string of the molecule is C=COC1=C(O)C(=O)O[C@]1(C(=O)C(O)CO)[C@@H](O)CO. The number of aliphatic hydroxyl groups excluding tert-OH is 5. The van der Waals surface area contributed by atoms with E-state index >= 15 is 0 Å². The number of Topliss-reactive ketones (excluding diaryl/α,β-unsaturated/α-hetero) is 1. The molecule has 0 bridgehead atoms. The van der Waals surface area contributed by atoms with Crippen molar-refractivity contribution in [2.24, 2.45) is 0 Å². The molecule has 5 N–H and O–H groups in total. The quantitative estimate of drug-likeness (QED) is 0.252. The van der Waals surface area contributed by atoms with E-state index in [1.807, 2.05) is 0 Å². The molecule has 0 spiro atoms. The van der Waals surface area contributed by atoms with Gasteiger partial charge in [0.1, 0.15) is 12.2 Å². The van der Waals surface area contributed by atoms with Gasteiger partial charge in [-0.05, 0) is 0 Å². The summed E-state index contributed by atoms with van der Waals surface area (Å²) in [5, 5.41) is 46.4. The minimum Gasteiger partial charge on any atom is -0.499 e. The van der Waals surface area contributed by atoms with Crippen molar-refractivity contribution >= 4 is 11.8 Å². The van der Waals surface area contributed by atoms with E-state index in [1.54, 1.807) is 0 Å². The van der Waals surface area contributed by atoms with Crippen molar-refractivity contribution in [3.63, 3.8) is 0 Å². The molecule has 0 amide bonds. The number of hydrogen-bond acceptors (Lipinski definition) is 9. The molecular weight excluding hydrogens is 276 g/mol. The summed E-state index contributed by atoms with van der Waals surface area (Å²) in [4.78, 5) is 23.4. The lowest BCUT2D eigenvalue weighted by molar-refractivity contribution is -0.178. The van der Waals surface area contributed by atoms with Crippen LogP contribution in [0.5, 0.6) is 0 Å². The number of carbonyl (C=O) groups excluding carboxylic acids is 2. The van der Waals surface area contributed by atoms with Gasteiger partial charge in [0, 0.05) is 0 Å². The van der Waals surface area contributed by atoms with Crippen LogP contribution in [0.25, 0.3) is 0 Å². The summed E-state index contributed by atoms with van der Waals surface area (Å²) in [6.07, 6.45) is -3.32. The molecule has 1 unspecified atom stereocenters. The van der Waals surface area contributed by atoms with Crippen LogP contribution in [0.3, 0.4) is 0 Å². The Morgan fingerprint density at radius 2 is 2.00 bits per heavy atom. The third-order valence-electron chi connectivity index (χ3n) is 2.68. The van der Waals surface area contributed by atoms with Crippen LogP contribution >= 0.6 is 0 Å². The van der Waals surface area contributed by atoms with Gasteiger partial charge in [0.25, 0.3) is 5.60 Å². The van der Waals surface area contributed by atoms with Gasteiger partial charge >= 0.3 is 5.97 Å². The second-order valence-electron chi connectivity index (χ2n) is 3.85. The summed E-state index contributed by atoms with van der Waals surface area (Å²) in [6.45, 7) is 1.08. The molecule has 1 aliphatic heterocycles. The van der Waals surface area contributed by atoms with Gasteiger partial charge in [0.2, 0.25) is 17.3 Å². The van der Waals surface area contributed by atoms with Crippen LogP contribution in [-0.2, 0) is 19.1 Å². The van der Waals surface area contributed by atoms with Crippen LogP contribution < -0.4 is 0 Å². The zero-order valence-corrected chi connectivity index (χ0v) is 10.2. The summed E-state index contributed by atoms with van der Waals surface area (Å²) in [5.74, 6) is -4.70. The Morgan fingerprint density at radius 3 is 2.45 bits per heavy atom. The Labute approximate surface area is 113 Å². The molecule has 1 heterocycles. The van der Waals surface area contributed by atoms with Gasteiger partial charge in [0.15, 0.2) is 0 Å². The maximum Gasteiger partial charge on any atom is 0.378 e. The fourth-order valence-electron chi connectivity index (χ4n) is 1.74. The van der Waals surface area contributed by atoms with Gasteiger partial charge in [-0.2, -0.15) is 0 Å². The second kappa shape index (κ2) is 6.01. The van der Waals surface area contributed by atoms with Gasteiger partial charge in [0.05, 0.1) is 19.5 Å². The molecule has 9 nitrogen and oxygen atoms in total. The van der Waals surface area contributed by atoms with Gasteiger partial charge in [-0.15, -0.1) is 0 Å². The molecule has 0 aromatic rings. The topological polar surface area (TPSA) is 154 Å². The molecule has 0 aromatic heterocycles. The van der Waals surface area contributed by atoms with E-state index in [2.05, 4.69) is 11.3 Å². The molecule has 0 radical (unpaired) electrons. The lowest BCUT2D eigenvalue weighted by atomic mass is 9.87. The third-order valence-corrected chi connectivity index (χ3v) is 2.68. The normalized spacial score (nSPS) is 25.1. The molecule has 0 saturated heterocycles. The van der Waals surface area contributed by atoms with Crippen LogP contribution in [-0.4, -0.2) is 68.3 Å². The van der Waals surface area contributed by atoms with E-state index < -0.39 is 54.3 Å². The number of esters is 1. The first-order chi connectivity index (χ1) is 9.36. The van der Waals surface area contributed by atoms with E-state index in [4.69, 9.17) is 14.9 Å². The van der Waals surface area contributed by atoms with Crippen LogP contribution in [0.4, 0.5) is 0 Å². The monoisotopic (exact) mass is 290 g/mol. The van der Waals surface area contributed by atoms with Crippen molar-refractivity contribution in [2.45, 2.75) is 17.8 Å². The predicted molar refractivity (Wildman–Crippen MR) is 61.0 cm³/mol. The smallest absolute Gasteiger partial charge is 0.378 e. The number of cyclic esters (lactones) is 1. The molecule has 20 heavy (non-hydrogen) atoms. The Balaban J connectivity index is 3.43. The zero-order valence-electron chi connectivity index (χ0n) is 10.2. The van der Waals surface area contributed by atoms with E-state index in [0.717, 1.165) is 6.26 Å². The molecule has 112 valence electrons. The molecule has 1 rings (SSSR count). The van der Waals surface area contributed by atoms with Crippen molar-refractivity contribution in [2.75, 3.05) is 13.2 Å².